The zero-order valence-corrected chi connectivity index (χ0v) is 22.8. The molecule has 0 spiro atoms. The Kier molecular flexibility index (Phi) is 6.18. The van der Waals surface area contributed by atoms with Crippen molar-refractivity contribution in [2.75, 3.05) is 5.32 Å². The average molecular weight is 524 g/mol. The largest absolute Gasteiger partial charge is 0.356 e. The molecule has 0 aliphatic heterocycles. The van der Waals surface area contributed by atoms with E-state index in [0.717, 1.165) is 22.5 Å². The molecule has 7 aromatic carbocycles. The molecule has 41 heavy (non-hydrogen) atoms. The highest BCUT2D eigenvalue weighted by atomic mass is 14.9. The number of rotatable bonds is 6. The van der Waals surface area contributed by atoms with Crippen LogP contribution in [0.4, 0.5) is 11.4 Å². The first-order valence-electron chi connectivity index (χ1n) is 13.9. The van der Waals surface area contributed by atoms with Gasteiger partial charge in [-0.3, -0.25) is 0 Å². The fraction of sp³-hybridized carbons (Fsp3) is 0. The molecule has 0 atom stereocenters. The lowest BCUT2D eigenvalue weighted by Gasteiger charge is -2.14. The van der Waals surface area contributed by atoms with Crippen molar-refractivity contribution in [2.24, 2.45) is 0 Å². The number of benzene rings is 7. The summed E-state index contributed by atoms with van der Waals surface area (Å²) in [6.45, 7) is 8.07. The molecule has 0 unspecified atom stereocenters. The van der Waals surface area contributed by atoms with Gasteiger partial charge in [-0.15, -0.1) is 0 Å². The van der Waals surface area contributed by atoms with Gasteiger partial charge in [-0.25, -0.2) is 0 Å². The Morgan fingerprint density at radius 1 is 0.439 bits per heavy atom. The van der Waals surface area contributed by atoms with E-state index in [1.165, 1.54) is 54.6 Å². The predicted octanol–water partition coefficient (Wildman–Crippen LogP) is 11.5. The quantitative estimate of drug-likeness (QED) is 0.214. The van der Waals surface area contributed by atoms with Crippen LogP contribution in [0.2, 0.25) is 0 Å². The molecule has 0 fully saturated rings. The van der Waals surface area contributed by atoms with Crippen LogP contribution in [-0.4, -0.2) is 0 Å². The molecule has 7 rings (SSSR count). The van der Waals surface area contributed by atoms with Crippen molar-refractivity contribution in [1.29, 1.82) is 0 Å². The topological polar surface area (TPSA) is 12.0 Å². The van der Waals surface area contributed by atoms with Gasteiger partial charge in [-0.2, -0.15) is 0 Å². The molecular formula is C40H29N. The minimum Gasteiger partial charge on any atom is -0.356 e. The van der Waals surface area contributed by atoms with Gasteiger partial charge in [0.15, 0.2) is 0 Å². The minimum atomic E-state index is 1.05. The summed E-state index contributed by atoms with van der Waals surface area (Å²) >= 11 is 0. The fourth-order valence-corrected chi connectivity index (χ4v) is 5.98. The molecule has 0 amide bonds. The van der Waals surface area contributed by atoms with Gasteiger partial charge in [-0.05, 0) is 102 Å². The van der Waals surface area contributed by atoms with Gasteiger partial charge in [0, 0.05) is 11.4 Å². The third kappa shape index (κ3) is 4.38. The molecule has 1 heteroatoms. The maximum atomic E-state index is 4.04. The lowest BCUT2D eigenvalue weighted by Crippen LogP contribution is -1.92. The second kappa shape index (κ2) is 10.3. The van der Waals surface area contributed by atoms with Crippen molar-refractivity contribution in [2.45, 2.75) is 0 Å². The van der Waals surface area contributed by atoms with Crippen molar-refractivity contribution in [1.82, 2.24) is 0 Å². The highest BCUT2D eigenvalue weighted by Gasteiger charge is 2.11. The molecular weight excluding hydrogens is 494 g/mol. The molecule has 7 aromatic rings. The van der Waals surface area contributed by atoms with Crippen LogP contribution in [0.15, 0.2) is 147 Å². The van der Waals surface area contributed by atoms with E-state index in [-0.39, 0.29) is 0 Å². The Labute approximate surface area is 240 Å². The van der Waals surface area contributed by atoms with E-state index in [2.05, 4.69) is 152 Å². The van der Waals surface area contributed by atoms with E-state index >= 15 is 0 Å². The first-order chi connectivity index (χ1) is 20.2. The van der Waals surface area contributed by atoms with Gasteiger partial charge in [-0.1, -0.05) is 122 Å². The fourth-order valence-electron chi connectivity index (χ4n) is 5.98. The van der Waals surface area contributed by atoms with Crippen LogP contribution in [-0.2, 0) is 0 Å². The SMILES string of the molecule is C=Cc1cc(-c2ccc(Nc3ccc(-c4cc5ccccc5c5ccccc45)cc3)cc2)c2ccccc2c1C=C. The molecule has 1 N–H and O–H groups in total. The normalized spacial score (nSPS) is 11.1. The monoisotopic (exact) mass is 523 g/mol. The summed E-state index contributed by atoms with van der Waals surface area (Å²) in [5.74, 6) is 0. The van der Waals surface area contributed by atoms with E-state index in [1.54, 1.807) is 0 Å². The number of nitrogens with one attached hydrogen (secondary N) is 1. The zero-order chi connectivity index (χ0) is 27.8. The molecule has 0 aromatic heterocycles. The number of hydrogen-bond donors (Lipinski definition) is 1. The van der Waals surface area contributed by atoms with Gasteiger partial charge in [0.05, 0.1) is 0 Å². The maximum absolute atomic E-state index is 4.04. The third-order valence-electron chi connectivity index (χ3n) is 7.99. The van der Waals surface area contributed by atoms with Crippen molar-refractivity contribution in [3.63, 3.8) is 0 Å². The number of anilines is 2. The van der Waals surface area contributed by atoms with Gasteiger partial charge in [0.1, 0.15) is 0 Å². The summed E-state index contributed by atoms with van der Waals surface area (Å²) < 4.78 is 0. The Bertz CT molecular complexity index is 2080. The molecule has 0 saturated carbocycles. The minimum absolute atomic E-state index is 1.05. The lowest BCUT2D eigenvalue weighted by atomic mass is 9.91. The second-order valence-electron chi connectivity index (χ2n) is 10.4. The van der Waals surface area contributed by atoms with Crippen molar-refractivity contribution < 1.29 is 0 Å². The van der Waals surface area contributed by atoms with Gasteiger partial charge in [0.25, 0.3) is 0 Å². The third-order valence-corrected chi connectivity index (χ3v) is 7.99. The Morgan fingerprint density at radius 3 is 1.51 bits per heavy atom. The van der Waals surface area contributed by atoms with Crippen LogP contribution >= 0.6 is 0 Å². The van der Waals surface area contributed by atoms with Crippen molar-refractivity contribution in [3.8, 4) is 22.3 Å². The summed E-state index contributed by atoms with van der Waals surface area (Å²) in [5.41, 5.74) is 9.15. The van der Waals surface area contributed by atoms with E-state index in [4.69, 9.17) is 0 Å². The highest BCUT2D eigenvalue weighted by molar-refractivity contribution is 6.13. The smallest absolute Gasteiger partial charge is 0.0384 e. The van der Waals surface area contributed by atoms with Crippen LogP contribution in [0, 0.1) is 0 Å². The first-order valence-corrected chi connectivity index (χ1v) is 13.9. The summed E-state index contributed by atoms with van der Waals surface area (Å²) in [4.78, 5) is 0. The summed E-state index contributed by atoms with van der Waals surface area (Å²) in [7, 11) is 0. The lowest BCUT2D eigenvalue weighted by molar-refractivity contribution is 1.54. The van der Waals surface area contributed by atoms with Crippen LogP contribution in [0.1, 0.15) is 11.1 Å². The molecule has 0 aliphatic carbocycles. The average Bonchev–Trinajstić information content (AvgIpc) is 3.04. The standard InChI is InChI=1S/C40H29N/c1-3-27-25-39(37-15-9-7-13-35(37)33(27)4-2)28-17-21-31(22-18-28)41-32-23-19-29(20-24-32)40-26-30-11-5-6-12-34(30)36-14-8-10-16-38(36)40/h3-26,41H,1-2H2. The molecule has 194 valence electrons. The summed E-state index contributed by atoms with van der Waals surface area (Å²) in [5, 5.41) is 11.1. The van der Waals surface area contributed by atoms with Gasteiger partial charge in [0.2, 0.25) is 0 Å². The Hall–Kier alpha value is -5.40. The number of fused-ring (bicyclic) bond motifs is 4. The summed E-state index contributed by atoms with van der Waals surface area (Å²) in [6.07, 6.45) is 3.83. The van der Waals surface area contributed by atoms with Crippen LogP contribution in [0.25, 0.3) is 66.7 Å². The maximum Gasteiger partial charge on any atom is 0.0384 e. The molecule has 0 bridgehead atoms. The molecule has 0 heterocycles. The Balaban J connectivity index is 1.19. The Morgan fingerprint density at radius 2 is 0.927 bits per heavy atom. The van der Waals surface area contributed by atoms with Crippen molar-refractivity contribution >= 4 is 55.8 Å². The van der Waals surface area contributed by atoms with E-state index < -0.39 is 0 Å². The van der Waals surface area contributed by atoms with E-state index in [9.17, 15) is 0 Å². The van der Waals surface area contributed by atoms with Gasteiger partial charge >= 0.3 is 0 Å². The highest BCUT2D eigenvalue weighted by Crippen LogP contribution is 2.37. The second-order valence-corrected chi connectivity index (χ2v) is 10.4. The first kappa shape index (κ1) is 24.6. The van der Waals surface area contributed by atoms with Crippen molar-refractivity contribution in [3.05, 3.63) is 158 Å². The molecule has 1 nitrogen and oxygen atoms in total. The van der Waals surface area contributed by atoms with E-state index in [1.807, 2.05) is 12.2 Å². The van der Waals surface area contributed by atoms with E-state index in [0.29, 0.717) is 0 Å². The zero-order valence-electron chi connectivity index (χ0n) is 22.8. The molecule has 0 aliphatic rings. The van der Waals surface area contributed by atoms with Crippen LogP contribution in [0.5, 0.6) is 0 Å². The predicted molar refractivity (Wildman–Crippen MR) is 180 cm³/mol. The van der Waals surface area contributed by atoms with Gasteiger partial charge < -0.3 is 5.32 Å². The summed E-state index contributed by atoms with van der Waals surface area (Å²) in [6, 6.07) is 47.7. The van der Waals surface area contributed by atoms with Crippen LogP contribution < -0.4 is 5.32 Å². The molecule has 0 radical (unpaired) electrons. The molecule has 0 saturated heterocycles. The van der Waals surface area contributed by atoms with Crippen LogP contribution in [0.3, 0.4) is 0 Å². The number of hydrogen-bond acceptors (Lipinski definition) is 1.